The third-order valence-electron chi connectivity index (χ3n) is 3.72. The van der Waals surface area contributed by atoms with Gasteiger partial charge in [-0.05, 0) is 47.4 Å². The molecule has 0 aliphatic rings. The molecule has 0 radical (unpaired) electrons. The van der Waals surface area contributed by atoms with Gasteiger partial charge < -0.3 is 9.73 Å². The van der Waals surface area contributed by atoms with E-state index in [1.807, 2.05) is 29.6 Å². The highest BCUT2D eigenvalue weighted by atomic mass is 32.1. The number of aromatic nitrogens is 2. The Morgan fingerprint density at radius 1 is 1.21 bits per heavy atom. The van der Waals surface area contributed by atoms with Gasteiger partial charge in [0, 0.05) is 12.4 Å². The molecule has 0 bridgehead atoms. The molecule has 0 saturated carbocycles. The maximum absolute atomic E-state index is 12.4. The Morgan fingerprint density at radius 2 is 2.07 bits per heavy atom. The summed E-state index contributed by atoms with van der Waals surface area (Å²) in [6.45, 7) is 0. The summed E-state index contributed by atoms with van der Waals surface area (Å²) in [5.74, 6) is -0.158. The fraction of sp³-hybridized carbons (Fsp3) is 0. The van der Waals surface area contributed by atoms with E-state index in [1.54, 1.807) is 30.6 Å². The Morgan fingerprint density at radius 3 is 2.75 bits per heavy atom. The van der Waals surface area contributed by atoms with E-state index in [9.17, 15) is 10.1 Å². The molecule has 0 spiro atoms. The molecule has 0 unspecified atom stereocenters. The second-order valence-corrected chi connectivity index (χ2v) is 7.50. The van der Waals surface area contributed by atoms with Gasteiger partial charge in [-0.25, -0.2) is 4.98 Å². The molecular formula is C20H12N4O2S2. The summed E-state index contributed by atoms with van der Waals surface area (Å²) >= 11 is 2.76. The number of anilines is 1. The lowest BCUT2D eigenvalue weighted by Gasteiger charge is -2.01. The van der Waals surface area contributed by atoms with Crippen molar-refractivity contribution in [2.45, 2.75) is 0 Å². The number of carbonyl (C=O) groups excluding carboxylic acids is 1. The zero-order valence-corrected chi connectivity index (χ0v) is 16.0. The van der Waals surface area contributed by atoms with Gasteiger partial charge in [-0.3, -0.25) is 9.78 Å². The number of furan rings is 1. The Labute approximate surface area is 168 Å². The Kier molecular flexibility index (Phi) is 5.10. The van der Waals surface area contributed by atoms with E-state index in [-0.39, 0.29) is 11.7 Å². The Bertz CT molecular complexity index is 1160. The van der Waals surface area contributed by atoms with Crippen LogP contribution in [0.5, 0.6) is 0 Å². The van der Waals surface area contributed by atoms with Crippen molar-refractivity contribution in [3.05, 3.63) is 76.8 Å². The first-order valence-corrected chi connectivity index (χ1v) is 9.86. The van der Waals surface area contributed by atoms with Crippen LogP contribution in [0.4, 0.5) is 5.00 Å². The number of carbonyl (C=O) groups is 1. The molecule has 4 aromatic heterocycles. The molecule has 6 nitrogen and oxygen atoms in total. The first-order valence-electron chi connectivity index (χ1n) is 8.16. The average Bonchev–Trinajstić information content (AvgIpc) is 3.48. The van der Waals surface area contributed by atoms with Gasteiger partial charge in [-0.2, -0.15) is 5.26 Å². The van der Waals surface area contributed by atoms with Crippen LogP contribution in [0.15, 0.2) is 64.9 Å². The maximum Gasteiger partial charge on any atom is 0.292 e. The number of allylic oxidation sites excluding steroid dienone is 1. The molecular weight excluding hydrogens is 392 g/mol. The molecule has 4 rings (SSSR count). The van der Waals surface area contributed by atoms with Crippen molar-refractivity contribution < 1.29 is 9.21 Å². The molecule has 0 fully saturated rings. The second kappa shape index (κ2) is 8.00. The van der Waals surface area contributed by atoms with Gasteiger partial charge in [-0.1, -0.05) is 17.4 Å². The van der Waals surface area contributed by atoms with Crippen molar-refractivity contribution in [2.24, 2.45) is 0 Å². The summed E-state index contributed by atoms with van der Waals surface area (Å²) < 4.78 is 5.16. The Hall–Kier alpha value is -3.54. The van der Waals surface area contributed by atoms with Gasteiger partial charge in [-0.15, -0.1) is 11.3 Å². The van der Waals surface area contributed by atoms with Gasteiger partial charge in [0.05, 0.1) is 16.7 Å². The minimum absolute atomic E-state index is 0.208. The van der Waals surface area contributed by atoms with Crippen LogP contribution in [0, 0.1) is 11.3 Å². The number of rotatable bonds is 5. The largest absolute Gasteiger partial charge is 0.459 e. The first kappa shape index (κ1) is 17.9. The van der Waals surface area contributed by atoms with Crippen LogP contribution in [0.1, 0.15) is 21.1 Å². The molecule has 136 valence electrons. The maximum atomic E-state index is 12.4. The van der Waals surface area contributed by atoms with Gasteiger partial charge in [0.25, 0.3) is 5.91 Å². The second-order valence-electron chi connectivity index (χ2n) is 5.56. The fourth-order valence-electron chi connectivity index (χ4n) is 2.44. The van der Waals surface area contributed by atoms with E-state index in [4.69, 9.17) is 4.42 Å². The van der Waals surface area contributed by atoms with E-state index < -0.39 is 0 Å². The zero-order valence-electron chi connectivity index (χ0n) is 14.3. The van der Waals surface area contributed by atoms with E-state index in [1.165, 1.54) is 28.9 Å². The standard InChI is InChI=1S/C20H12N4O2S2/c21-12-14(11-13-5-7-22-8-6-13)19-23-17(16-4-2-10-27-16)20(28-19)24-18(25)15-3-1-9-26-15/h1-11H,(H,24,25). The summed E-state index contributed by atoms with van der Waals surface area (Å²) in [4.78, 5) is 21.9. The highest BCUT2D eigenvalue weighted by molar-refractivity contribution is 7.18. The highest BCUT2D eigenvalue weighted by Gasteiger charge is 2.20. The summed E-state index contributed by atoms with van der Waals surface area (Å²) in [6, 6.07) is 12.9. The number of nitriles is 1. The first-order chi connectivity index (χ1) is 13.7. The van der Waals surface area contributed by atoms with E-state index in [0.29, 0.717) is 21.3 Å². The van der Waals surface area contributed by atoms with E-state index in [2.05, 4.69) is 21.4 Å². The molecule has 28 heavy (non-hydrogen) atoms. The van der Waals surface area contributed by atoms with Crippen molar-refractivity contribution in [3.63, 3.8) is 0 Å². The summed E-state index contributed by atoms with van der Waals surface area (Å²) in [6.07, 6.45) is 6.51. The van der Waals surface area contributed by atoms with Gasteiger partial charge in [0.15, 0.2) is 5.76 Å². The molecule has 0 aliphatic carbocycles. The average molecular weight is 404 g/mol. The molecule has 0 aliphatic heterocycles. The van der Waals surface area contributed by atoms with Gasteiger partial charge in [0.1, 0.15) is 21.8 Å². The third-order valence-corrected chi connectivity index (χ3v) is 5.60. The fourth-order valence-corrected chi connectivity index (χ4v) is 4.17. The number of hydrogen-bond acceptors (Lipinski definition) is 7. The van der Waals surface area contributed by atoms with Crippen molar-refractivity contribution in [3.8, 4) is 16.6 Å². The van der Waals surface area contributed by atoms with Gasteiger partial charge in [0.2, 0.25) is 0 Å². The lowest BCUT2D eigenvalue weighted by molar-refractivity contribution is 0.0997. The minimum Gasteiger partial charge on any atom is -0.459 e. The molecule has 0 atom stereocenters. The normalized spacial score (nSPS) is 11.2. The lowest BCUT2D eigenvalue weighted by Crippen LogP contribution is -2.10. The van der Waals surface area contributed by atoms with E-state index in [0.717, 1.165) is 10.4 Å². The predicted molar refractivity (Wildman–Crippen MR) is 110 cm³/mol. The number of nitrogens with one attached hydrogen (secondary N) is 1. The van der Waals surface area contributed by atoms with Crippen LogP contribution in [0.2, 0.25) is 0 Å². The minimum atomic E-state index is -0.366. The molecule has 8 heteroatoms. The Balaban J connectivity index is 1.74. The molecule has 4 aromatic rings. The predicted octanol–water partition coefficient (Wildman–Crippen LogP) is 5.18. The summed E-state index contributed by atoms with van der Waals surface area (Å²) in [7, 11) is 0. The van der Waals surface area contributed by atoms with Crippen molar-refractivity contribution >= 4 is 45.2 Å². The van der Waals surface area contributed by atoms with Gasteiger partial charge >= 0.3 is 0 Å². The molecule has 4 heterocycles. The van der Waals surface area contributed by atoms with Crippen LogP contribution in [-0.2, 0) is 0 Å². The number of thiophene rings is 1. The highest BCUT2D eigenvalue weighted by Crippen LogP contribution is 2.38. The summed E-state index contributed by atoms with van der Waals surface area (Å²) in [5, 5.41) is 15.5. The van der Waals surface area contributed by atoms with Crippen LogP contribution in [0.25, 0.3) is 22.2 Å². The number of nitrogens with zero attached hydrogens (tertiary/aromatic N) is 3. The smallest absolute Gasteiger partial charge is 0.292 e. The monoisotopic (exact) mass is 404 g/mol. The molecule has 1 amide bonds. The molecule has 0 saturated heterocycles. The van der Waals surface area contributed by atoms with Crippen LogP contribution in [0.3, 0.4) is 0 Å². The topological polar surface area (TPSA) is 91.8 Å². The zero-order chi connectivity index (χ0) is 19.3. The number of thiazole rings is 1. The van der Waals surface area contributed by atoms with Crippen LogP contribution >= 0.6 is 22.7 Å². The number of hydrogen-bond donors (Lipinski definition) is 1. The molecule has 0 aromatic carbocycles. The number of amides is 1. The van der Waals surface area contributed by atoms with Crippen LogP contribution < -0.4 is 5.32 Å². The quantitative estimate of drug-likeness (QED) is 0.463. The van der Waals surface area contributed by atoms with Crippen LogP contribution in [-0.4, -0.2) is 15.9 Å². The molecule has 1 N–H and O–H groups in total. The number of pyridine rings is 1. The van der Waals surface area contributed by atoms with Crippen molar-refractivity contribution in [1.29, 1.82) is 5.26 Å². The van der Waals surface area contributed by atoms with Crippen molar-refractivity contribution in [2.75, 3.05) is 5.32 Å². The third kappa shape index (κ3) is 3.76. The van der Waals surface area contributed by atoms with E-state index >= 15 is 0 Å². The van der Waals surface area contributed by atoms with Crippen molar-refractivity contribution in [1.82, 2.24) is 9.97 Å². The summed E-state index contributed by atoms with van der Waals surface area (Å²) in [5.41, 5.74) is 1.89. The lowest BCUT2D eigenvalue weighted by atomic mass is 10.2. The SMILES string of the molecule is N#CC(=Cc1ccncc1)c1nc(-c2cccs2)c(NC(=O)c2ccco2)s1.